The van der Waals surface area contributed by atoms with E-state index in [9.17, 15) is 4.79 Å². The summed E-state index contributed by atoms with van der Waals surface area (Å²) in [7, 11) is 0. The predicted molar refractivity (Wildman–Crippen MR) is 126 cm³/mol. The van der Waals surface area contributed by atoms with Crippen LogP contribution in [0.25, 0.3) is 5.70 Å². The second-order valence-corrected chi connectivity index (χ2v) is 8.48. The first-order valence-corrected chi connectivity index (χ1v) is 10.9. The molecule has 0 radical (unpaired) electrons. The number of aromatic nitrogens is 1. The predicted octanol–water partition coefficient (Wildman–Crippen LogP) is 2.63. The summed E-state index contributed by atoms with van der Waals surface area (Å²) >= 11 is 0. The highest BCUT2D eigenvalue weighted by atomic mass is 16.1. The van der Waals surface area contributed by atoms with E-state index in [-0.39, 0.29) is 5.56 Å². The van der Waals surface area contributed by atoms with Gasteiger partial charge in [0.2, 0.25) is 5.56 Å². The zero-order valence-electron chi connectivity index (χ0n) is 17.9. The van der Waals surface area contributed by atoms with Gasteiger partial charge in [0.25, 0.3) is 0 Å². The summed E-state index contributed by atoms with van der Waals surface area (Å²) in [4.78, 5) is 23.7. The molecule has 0 aliphatic carbocycles. The van der Waals surface area contributed by atoms with Crippen LogP contribution < -0.4 is 21.1 Å². The number of aliphatic imine (C=N–C) groups is 1. The highest BCUT2D eigenvalue weighted by Gasteiger charge is 2.27. The van der Waals surface area contributed by atoms with Crippen molar-refractivity contribution in [2.24, 2.45) is 4.99 Å². The van der Waals surface area contributed by atoms with Crippen LogP contribution in [0.5, 0.6) is 0 Å². The van der Waals surface area contributed by atoms with Crippen LogP contribution >= 0.6 is 0 Å². The number of piperazine rings is 1. The third-order valence-electron chi connectivity index (χ3n) is 5.92. The zero-order chi connectivity index (χ0) is 21.4. The maximum Gasteiger partial charge on any atom is 0.248 e. The molecule has 0 bridgehead atoms. The van der Waals surface area contributed by atoms with Crippen LogP contribution in [-0.2, 0) is 0 Å². The molecule has 0 saturated carbocycles. The van der Waals surface area contributed by atoms with Crippen molar-refractivity contribution in [1.82, 2.24) is 15.2 Å². The van der Waals surface area contributed by atoms with Gasteiger partial charge >= 0.3 is 0 Å². The van der Waals surface area contributed by atoms with Crippen LogP contribution in [-0.4, -0.2) is 54.0 Å². The fraction of sp³-hybridized carbons (Fsp3) is 0.333. The minimum absolute atomic E-state index is 0.0997. The smallest absolute Gasteiger partial charge is 0.248 e. The van der Waals surface area contributed by atoms with Gasteiger partial charge in [-0.3, -0.25) is 9.79 Å². The number of amidine groups is 1. The van der Waals surface area contributed by atoms with Gasteiger partial charge in [0.1, 0.15) is 0 Å². The molecule has 0 amide bonds. The molecule has 31 heavy (non-hydrogen) atoms. The number of hydrogen-bond donors (Lipinski definition) is 3. The monoisotopic (exact) mass is 416 g/mol. The fourth-order valence-electron chi connectivity index (χ4n) is 4.64. The van der Waals surface area contributed by atoms with Gasteiger partial charge < -0.3 is 25.4 Å². The van der Waals surface area contributed by atoms with Gasteiger partial charge in [-0.2, -0.15) is 0 Å². The molecule has 1 aromatic carbocycles. The van der Waals surface area contributed by atoms with Gasteiger partial charge in [-0.25, -0.2) is 0 Å². The van der Waals surface area contributed by atoms with Crippen LogP contribution in [0.4, 0.5) is 11.4 Å². The van der Waals surface area contributed by atoms with Crippen molar-refractivity contribution in [1.29, 1.82) is 0 Å². The number of nitrogens with zero attached hydrogens (tertiary/aromatic N) is 3. The van der Waals surface area contributed by atoms with Gasteiger partial charge in [0, 0.05) is 60.9 Å². The molecule has 3 N–H and O–H groups in total. The average molecular weight is 417 g/mol. The summed E-state index contributed by atoms with van der Waals surface area (Å²) < 4.78 is 0. The second kappa shape index (κ2) is 8.07. The van der Waals surface area contributed by atoms with Crippen LogP contribution in [0.1, 0.15) is 19.4 Å². The number of benzene rings is 1. The van der Waals surface area contributed by atoms with Crippen LogP contribution in [0.3, 0.4) is 0 Å². The Bertz CT molecular complexity index is 1100. The molecule has 7 heteroatoms. The molecule has 3 aliphatic rings. The lowest BCUT2D eigenvalue weighted by Gasteiger charge is -2.37. The normalized spacial score (nSPS) is 23.1. The standard InChI is InChI=1S/C24H28N6O/c1-16-14-29(15-17(2)27-16)20-5-3-19(4-6-20)28-21-7-8-22(30-12-11-26-24(21)30)18-9-10-25-23(31)13-18/h3-10,13,16-17,27-28H,11-12,14-15H2,1-2H3,(H,25,31). The summed E-state index contributed by atoms with van der Waals surface area (Å²) in [5.74, 6) is 0.923. The summed E-state index contributed by atoms with van der Waals surface area (Å²) in [6.07, 6.45) is 5.79. The highest BCUT2D eigenvalue weighted by molar-refractivity contribution is 6.08. The molecule has 4 heterocycles. The van der Waals surface area contributed by atoms with Crippen molar-refractivity contribution in [3.63, 3.8) is 0 Å². The molecule has 1 aromatic heterocycles. The first-order chi connectivity index (χ1) is 15.1. The topological polar surface area (TPSA) is 75.8 Å². The number of hydrogen-bond acceptors (Lipinski definition) is 6. The molecule has 3 aliphatic heterocycles. The van der Waals surface area contributed by atoms with E-state index in [1.807, 2.05) is 12.1 Å². The Morgan fingerprint density at radius 2 is 1.84 bits per heavy atom. The molecule has 5 rings (SSSR count). The Morgan fingerprint density at radius 3 is 2.58 bits per heavy atom. The quantitative estimate of drug-likeness (QED) is 0.714. The number of aromatic amines is 1. The number of H-pyrrole nitrogens is 1. The van der Waals surface area contributed by atoms with Crippen LogP contribution in [0.2, 0.25) is 0 Å². The summed E-state index contributed by atoms with van der Waals surface area (Å²) in [5, 5.41) is 7.11. The Hall–Kier alpha value is -3.32. The third kappa shape index (κ3) is 4.01. The number of pyridine rings is 1. The number of rotatable bonds is 4. The van der Waals surface area contributed by atoms with Gasteiger partial charge in [-0.15, -0.1) is 0 Å². The van der Waals surface area contributed by atoms with E-state index in [0.717, 1.165) is 54.7 Å². The summed E-state index contributed by atoms with van der Waals surface area (Å²) in [5.41, 5.74) is 5.07. The zero-order valence-corrected chi connectivity index (χ0v) is 17.9. The van der Waals surface area contributed by atoms with Gasteiger partial charge in [-0.05, 0) is 56.3 Å². The Balaban J connectivity index is 1.36. The molecule has 1 saturated heterocycles. The van der Waals surface area contributed by atoms with E-state index < -0.39 is 0 Å². The molecule has 2 aromatic rings. The largest absolute Gasteiger partial charge is 0.368 e. The van der Waals surface area contributed by atoms with Gasteiger partial charge in [-0.1, -0.05) is 0 Å². The Morgan fingerprint density at radius 1 is 1.06 bits per heavy atom. The highest BCUT2D eigenvalue weighted by Crippen LogP contribution is 2.29. The summed E-state index contributed by atoms with van der Waals surface area (Å²) in [6, 6.07) is 13.1. The van der Waals surface area contributed by atoms with Crippen molar-refractivity contribution in [3.8, 4) is 0 Å². The van der Waals surface area contributed by atoms with E-state index in [0.29, 0.717) is 12.1 Å². The lowest BCUT2D eigenvalue weighted by Crippen LogP contribution is -2.54. The van der Waals surface area contributed by atoms with Gasteiger partial charge in [0.05, 0.1) is 17.9 Å². The van der Waals surface area contributed by atoms with Gasteiger partial charge in [0.15, 0.2) is 5.84 Å². The van der Waals surface area contributed by atoms with Crippen molar-refractivity contribution in [2.75, 3.05) is 36.4 Å². The van der Waals surface area contributed by atoms with Crippen molar-refractivity contribution in [3.05, 3.63) is 76.4 Å². The summed E-state index contributed by atoms with van der Waals surface area (Å²) in [6.45, 7) is 8.05. The molecule has 2 unspecified atom stereocenters. The molecule has 160 valence electrons. The van der Waals surface area contributed by atoms with E-state index in [2.05, 4.69) is 69.6 Å². The SMILES string of the molecule is CC1CN(c2ccc(NC3=CC=C(c4cc[nH]c(=O)c4)N4CCN=C34)cc2)CC(C)N1. The minimum atomic E-state index is -0.0997. The van der Waals surface area contributed by atoms with Crippen molar-refractivity contribution >= 4 is 22.9 Å². The molecule has 0 spiro atoms. The molecule has 1 fully saturated rings. The molecule has 2 atom stereocenters. The molecular weight excluding hydrogens is 388 g/mol. The minimum Gasteiger partial charge on any atom is -0.368 e. The van der Waals surface area contributed by atoms with Crippen LogP contribution in [0, 0.1) is 0 Å². The van der Waals surface area contributed by atoms with Crippen LogP contribution in [0.15, 0.2) is 70.2 Å². The van der Waals surface area contributed by atoms with E-state index in [1.165, 1.54) is 5.69 Å². The van der Waals surface area contributed by atoms with E-state index >= 15 is 0 Å². The maximum absolute atomic E-state index is 11.7. The Kier molecular flexibility index (Phi) is 5.11. The maximum atomic E-state index is 11.7. The number of anilines is 2. The lowest BCUT2D eigenvalue weighted by atomic mass is 10.1. The first-order valence-electron chi connectivity index (χ1n) is 10.9. The average Bonchev–Trinajstić information content (AvgIpc) is 3.24. The van der Waals surface area contributed by atoms with Crippen molar-refractivity contribution in [2.45, 2.75) is 25.9 Å². The fourth-order valence-corrected chi connectivity index (χ4v) is 4.64. The van der Waals surface area contributed by atoms with E-state index in [1.54, 1.807) is 12.3 Å². The Labute approximate surface area is 182 Å². The van der Waals surface area contributed by atoms with E-state index in [4.69, 9.17) is 4.99 Å². The second-order valence-electron chi connectivity index (χ2n) is 8.48. The number of fused-ring (bicyclic) bond motifs is 1. The molecular formula is C24H28N6O. The number of nitrogens with one attached hydrogen (secondary N) is 3. The number of allylic oxidation sites excluding steroid dienone is 2. The molecule has 7 nitrogen and oxygen atoms in total. The van der Waals surface area contributed by atoms with Crippen molar-refractivity contribution < 1.29 is 0 Å². The first kappa shape index (κ1) is 19.6. The third-order valence-corrected chi connectivity index (χ3v) is 5.92. The lowest BCUT2D eigenvalue weighted by molar-refractivity contribution is 0.407.